The van der Waals surface area contributed by atoms with Crippen LogP contribution in [0.2, 0.25) is 0 Å². The molecule has 2 heterocycles. The first-order chi connectivity index (χ1) is 13.5. The van der Waals surface area contributed by atoms with Crippen molar-refractivity contribution in [3.63, 3.8) is 0 Å². The number of carbonyl (C=O) groups is 1. The second kappa shape index (κ2) is 7.80. The maximum absolute atomic E-state index is 12.9. The molecular formula is C22H24N4OS. The predicted molar refractivity (Wildman–Crippen MR) is 113 cm³/mol. The monoisotopic (exact) mass is 392 g/mol. The maximum atomic E-state index is 12.9. The molecule has 0 bridgehead atoms. The summed E-state index contributed by atoms with van der Waals surface area (Å²) in [6.45, 7) is 6.46. The van der Waals surface area contributed by atoms with E-state index in [2.05, 4.69) is 61.3 Å². The Balaban J connectivity index is 1.48. The van der Waals surface area contributed by atoms with Crippen LogP contribution in [0.15, 0.2) is 60.0 Å². The minimum absolute atomic E-state index is 0.104. The van der Waals surface area contributed by atoms with Crippen LogP contribution in [0.3, 0.4) is 0 Å². The Hall–Kier alpha value is -2.60. The topological polar surface area (TPSA) is 51.0 Å². The molecule has 0 unspecified atom stereocenters. The van der Waals surface area contributed by atoms with Gasteiger partial charge in [0.1, 0.15) is 6.33 Å². The molecular weight excluding hydrogens is 368 g/mol. The summed E-state index contributed by atoms with van der Waals surface area (Å²) in [7, 11) is 0. The molecule has 1 amide bonds. The van der Waals surface area contributed by atoms with Gasteiger partial charge in [0.25, 0.3) is 0 Å². The van der Waals surface area contributed by atoms with E-state index in [9.17, 15) is 4.79 Å². The summed E-state index contributed by atoms with van der Waals surface area (Å²) in [6.07, 6.45) is 2.61. The third kappa shape index (κ3) is 3.56. The van der Waals surface area contributed by atoms with Gasteiger partial charge >= 0.3 is 0 Å². The van der Waals surface area contributed by atoms with Crippen molar-refractivity contribution in [1.82, 2.24) is 14.8 Å². The lowest BCUT2D eigenvalue weighted by Gasteiger charge is -2.22. The van der Waals surface area contributed by atoms with E-state index in [4.69, 9.17) is 0 Å². The van der Waals surface area contributed by atoms with Crippen LogP contribution in [0.5, 0.6) is 0 Å². The van der Waals surface area contributed by atoms with E-state index >= 15 is 0 Å². The van der Waals surface area contributed by atoms with E-state index in [1.165, 1.54) is 22.9 Å². The van der Waals surface area contributed by atoms with Crippen molar-refractivity contribution in [2.24, 2.45) is 0 Å². The minimum Gasteiger partial charge on any atom is -0.308 e. The molecule has 0 N–H and O–H groups in total. The molecule has 0 saturated carbocycles. The van der Waals surface area contributed by atoms with Crippen LogP contribution in [0, 0.1) is 0 Å². The van der Waals surface area contributed by atoms with Crippen LogP contribution in [0.4, 0.5) is 5.69 Å². The summed E-state index contributed by atoms with van der Waals surface area (Å²) in [6, 6.07) is 16.7. The minimum atomic E-state index is 0.104. The largest absolute Gasteiger partial charge is 0.308 e. The van der Waals surface area contributed by atoms with Crippen LogP contribution in [-0.4, -0.2) is 32.5 Å². The van der Waals surface area contributed by atoms with Gasteiger partial charge in [0.15, 0.2) is 5.16 Å². The van der Waals surface area contributed by atoms with Crippen LogP contribution in [0.25, 0.3) is 5.69 Å². The zero-order valence-corrected chi connectivity index (χ0v) is 17.2. The first-order valence-electron chi connectivity index (χ1n) is 9.57. The van der Waals surface area contributed by atoms with Gasteiger partial charge in [-0.3, -0.25) is 9.36 Å². The fourth-order valence-corrected chi connectivity index (χ4v) is 4.45. The summed E-state index contributed by atoms with van der Waals surface area (Å²) < 4.78 is 1.93. The Morgan fingerprint density at radius 1 is 1.18 bits per heavy atom. The number of para-hydroxylation sites is 1. The van der Waals surface area contributed by atoms with Gasteiger partial charge in [-0.25, -0.2) is 0 Å². The fourth-order valence-electron chi connectivity index (χ4n) is 3.66. The molecule has 0 saturated heterocycles. The van der Waals surface area contributed by atoms with E-state index in [0.29, 0.717) is 11.7 Å². The van der Waals surface area contributed by atoms with Crippen LogP contribution < -0.4 is 4.90 Å². The van der Waals surface area contributed by atoms with Gasteiger partial charge in [-0.15, -0.1) is 10.2 Å². The van der Waals surface area contributed by atoms with Crippen molar-refractivity contribution in [3.05, 3.63) is 66.0 Å². The Morgan fingerprint density at radius 3 is 2.68 bits per heavy atom. The fraction of sp³-hybridized carbons (Fsp3) is 0.318. The average molecular weight is 393 g/mol. The van der Waals surface area contributed by atoms with Crippen molar-refractivity contribution in [3.8, 4) is 5.69 Å². The summed E-state index contributed by atoms with van der Waals surface area (Å²) in [5, 5.41) is 8.99. The molecule has 28 heavy (non-hydrogen) atoms. The van der Waals surface area contributed by atoms with E-state index in [1.54, 1.807) is 6.33 Å². The van der Waals surface area contributed by atoms with Gasteiger partial charge < -0.3 is 4.90 Å². The lowest BCUT2D eigenvalue weighted by atomic mass is 10.0. The highest BCUT2D eigenvalue weighted by Crippen LogP contribution is 2.33. The second-order valence-electron chi connectivity index (χ2n) is 7.46. The summed E-state index contributed by atoms with van der Waals surface area (Å²) in [5.74, 6) is 0.931. The smallest absolute Gasteiger partial charge is 0.237 e. The number of benzene rings is 2. The Labute approximate surface area is 169 Å². The molecule has 4 rings (SSSR count). The average Bonchev–Trinajstić information content (AvgIpc) is 3.29. The Morgan fingerprint density at radius 2 is 1.93 bits per heavy atom. The number of amides is 1. The molecule has 3 aromatic rings. The number of hydrogen-bond donors (Lipinski definition) is 0. The highest BCUT2D eigenvalue weighted by atomic mass is 32.2. The highest BCUT2D eigenvalue weighted by Gasteiger charge is 2.30. The van der Waals surface area contributed by atoms with Gasteiger partial charge in [-0.2, -0.15) is 0 Å². The van der Waals surface area contributed by atoms with Gasteiger partial charge in [-0.1, -0.05) is 55.9 Å². The summed E-state index contributed by atoms with van der Waals surface area (Å²) in [4.78, 5) is 14.8. The third-order valence-electron chi connectivity index (χ3n) is 5.16. The molecule has 0 fully saturated rings. The number of thioether (sulfide) groups is 1. The molecule has 1 atom stereocenters. The van der Waals surface area contributed by atoms with Crippen LogP contribution >= 0.6 is 11.8 Å². The number of nitrogens with zero attached hydrogens (tertiary/aromatic N) is 4. The zero-order valence-electron chi connectivity index (χ0n) is 16.4. The van der Waals surface area contributed by atoms with Crippen molar-refractivity contribution < 1.29 is 4.79 Å². The van der Waals surface area contributed by atoms with Crippen LogP contribution in [0.1, 0.15) is 37.8 Å². The molecule has 5 nitrogen and oxygen atoms in total. The van der Waals surface area contributed by atoms with Crippen molar-refractivity contribution in [2.75, 3.05) is 10.7 Å². The normalized spacial score (nSPS) is 15.9. The van der Waals surface area contributed by atoms with Crippen molar-refractivity contribution in [1.29, 1.82) is 0 Å². The number of hydrogen-bond acceptors (Lipinski definition) is 4. The lowest BCUT2D eigenvalue weighted by molar-refractivity contribution is -0.116. The lowest BCUT2D eigenvalue weighted by Crippen LogP contribution is -2.37. The quantitative estimate of drug-likeness (QED) is 0.602. The zero-order chi connectivity index (χ0) is 19.7. The van der Waals surface area contributed by atoms with Crippen molar-refractivity contribution in [2.45, 2.75) is 44.3 Å². The van der Waals surface area contributed by atoms with Gasteiger partial charge in [0, 0.05) is 17.4 Å². The number of rotatable bonds is 5. The second-order valence-corrected chi connectivity index (χ2v) is 8.41. The molecule has 6 heteroatoms. The number of anilines is 1. The van der Waals surface area contributed by atoms with Crippen molar-refractivity contribution >= 4 is 23.4 Å². The maximum Gasteiger partial charge on any atom is 0.237 e. The van der Waals surface area contributed by atoms with E-state index in [1.807, 2.05) is 27.7 Å². The Kier molecular flexibility index (Phi) is 5.22. The van der Waals surface area contributed by atoms with E-state index in [0.717, 1.165) is 23.0 Å². The molecule has 1 aliphatic heterocycles. The molecule has 1 aliphatic rings. The predicted octanol–water partition coefficient (Wildman–Crippen LogP) is 4.46. The Bertz CT molecular complexity index is 980. The summed E-state index contributed by atoms with van der Waals surface area (Å²) >= 11 is 1.43. The molecule has 1 aromatic heterocycles. The van der Waals surface area contributed by atoms with E-state index in [-0.39, 0.29) is 11.9 Å². The standard InChI is InChI=1S/C22H24N4OS/c1-15(2)17-8-10-19(11-9-17)25-14-23-24-22(25)28-13-21(27)26-16(3)12-18-6-4-5-7-20(18)26/h4-11,14-16H,12-13H2,1-3H3/t16-/m0/s1. The SMILES string of the molecule is CC(C)c1ccc(-n2cnnc2SCC(=O)N2c3ccccc3C[C@@H]2C)cc1. The number of aromatic nitrogens is 3. The third-order valence-corrected chi connectivity index (χ3v) is 6.08. The van der Waals surface area contributed by atoms with Crippen LogP contribution in [-0.2, 0) is 11.2 Å². The highest BCUT2D eigenvalue weighted by molar-refractivity contribution is 7.99. The molecule has 144 valence electrons. The van der Waals surface area contributed by atoms with Gasteiger partial charge in [0.2, 0.25) is 5.91 Å². The molecule has 0 spiro atoms. The molecule has 0 radical (unpaired) electrons. The van der Waals surface area contributed by atoms with E-state index < -0.39 is 0 Å². The van der Waals surface area contributed by atoms with Gasteiger partial charge in [0.05, 0.1) is 5.75 Å². The summed E-state index contributed by atoms with van der Waals surface area (Å²) in [5.41, 5.74) is 4.57. The molecule has 2 aromatic carbocycles. The van der Waals surface area contributed by atoms with Gasteiger partial charge in [-0.05, 0) is 48.6 Å². The number of carbonyl (C=O) groups excluding carboxylic acids is 1. The number of fused-ring (bicyclic) bond motifs is 1. The first-order valence-corrected chi connectivity index (χ1v) is 10.6. The molecule has 0 aliphatic carbocycles. The first kappa shape index (κ1) is 18.7.